The summed E-state index contributed by atoms with van der Waals surface area (Å²) < 4.78 is 2.28. The van der Waals surface area contributed by atoms with Crippen molar-refractivity contribution in [1.82, 2.24) is 14.8 Å². The van der Waals surface area contributed by atoms with Gasteiger partial charge in [0.1, 0.15) is 5.78 Å². The zero-order valence-corrected chi connectivity index (χ0v) is 13.0. The third-order valence-electron chi connectivity index (χ3n) is 3.22. The number of ketones is 1. The van der Waals surface area contributed by atoms with Gasteiger partial charge in [0.15, 0.2) is 11.0 Å². The largest absolute Gasteiger partial charge is 0.300 e. The molecule has 0 unspecified atom stereocenters. The maximum Gasteiger partial charge on any atom is 0.191 e. The lowest BCUT2D eigenvalue weighted by Crippen LogP contribution is -1.99. The normalized spacial score (nSPS) is 14.7. The smallest absolute Gasteiger partial charge is 0.191 e. The summed E-state index contributed by atoms with van der Waals surface area (Å²) in [6.45, 7) is 1.65. The van der Waals surface area contributed by atoms with Crippen molar-refractivity contribution >= 4 is 28.9 Å². The summed E-state index contributed by atoms with van der Waals surface area (Å²) >= 11 is 3.42. The third kappa shape index (κ3) is 3.12. The first-order valence-electron chi connectivity index (χ1n) is 6.86. The number of hydrogen-bond acceptors (Lipinski definition) is 5. The number of carbonyl (C=O) groups is 1. The summed E-state index contributed by atoms with van der Waals surface area (Å²) in [5.74, 6) is 2.18. The Morgan fingerprint density at radius 1 is 1.50 bits per heavy atom. The lowest BCUT2D eigenvalue weighted by atomic mass is 10.3. The molecule has 4 nitrogen and oxygen atoms in total. The number of Topliss-reactive ketones (excluding diaryl/α,β-unsaturated/α-hetero) is 1. The Labute approximate surface area is 126 Å². The first-order valence-corrected chi connectivity index (χ1v) is 8.73. The van der Waals surface area contributed by atoms with E-state index in [4.69, 9.17) is 0 Å². The molecule has 2 heterocycles. The molecule has 0 saturated heterocycles. The molecular formula is C14H17N3OS2. The molecule has 2 aromatic rings. The van der Waals surface area contributed by atoms with Crippen molar-refractivity contribution in [3.8, 4) is 10.7 Å². The molecule has 1 saturated carbocycles. The maximum absolute atomic E-state index is 11.0. The van der Waals surface area contributed by atoms with Crippen molar-refractivity contribution in [2.24, 2.45) is 0 Å². The molecule has 0 aromatic carbocycles. The van der Waals surface area contributed by atoms with Crippen LogP contribution in [-0.2, 0) is 4.79 Å². The van der Waals surface area contributed by atoms with Crippen LogP contribution in [0, 0.1) is 0 Å². The average molecular weight is 307 g/mol. The van der Waals surface area contributed by atoms with Crippen molar-refractivity contribution in [1.29, 1.82) is 0 Å². The van der Waals surface area contributed by atoms with Gasteiger partial charge in [-0.1, -0.05) is 17.8 Å². The van der Waals surface area contributed by atoms with E-state index in [9.17, 15) is 4.79 Å². The molecule has 0 atom stereocenters. The molecule has 3 rings (SSSR count). The zero-order chi connectivity index (χ0) is 13.9. The van der Waals surface area contributed by atoms with Gasteiger partial charge in [0.2, 0.25) is 0 Å². The van der Waals surface area contributed by atoms with Gasteiger partial charge >= 0.3 is 0 Å². The lowest BCUT2D eigenvalue weighted by Gasteiger charge is -2.07. The highest BCUT2D eigenvalue weighted by atomic mass is 32.2. The summed E-state index contributed by atoms with van der Waals surface area (Å²) in [6.07, 6.45) is 4.00. The number of carbonyl (C=O) groups excluding carboxylic acids is 1. The molecule has 0 N–H and O–H groups in total. The Bertz CT molecular complexity index is 588. The van der Waals surface area contributed by atoms with Gasteiger partial charge < -0.3 is 4.79 Å². The number of thioether (sulfide) groups is 1. The molecule has 0 radical (unpaired) electrons. The fraction of sp³-hybridized carbons (Fsp3) is 0.500. The number of hydrogen-bond donors (Lipinski definition) is 0. The van der Waals surface area contributed by atoms with E-state index in [0.29, 0.717) is 12.5 Å². The number of aromatic nitrogens is 3. The molecule has 0 bridgehead atoms. The maximum atomic E-state index is 11.0. The summed E-state index contributed by atoms with van der Waals surface area (Å²) in [5, 5.41) is 11.8. The fourth-order valence-electron chi connectivity index (χ4n) is 2.10. The lowest BCUT2D eigenvalue weighted by molar-refractivity contribution is -0.117. The van der Waals surface area contributed by atoms with Crippen molar-refractivity contribution in [2.75, 3.05) is 5.75 Å². The average Bonchev–Trinajstić information content (AvgIpc) is 2.96. The van der Waals surface area contributed by atoms with E-state index in [2.05, 4.69) is 26.2 Å². The van der Waals surface area contributed by atoms with E-state index in [-0.39, 0.29) is 5.78 Å². The highest BCUT2D eigenvalue weighted by Gasteiger charge is 2.30. The molecule has 1 aliphatic rings. The van der Waals surface area contributed by atoms with Gasteiger partial charge in [-0.2, -0.15) is 0 Å². The first-order chi connectivity index (χ1) is 9.75. The second kappa shape index (κ2) is 6.10. The van der Waals surface area contributed by atoms with E-state index in [0.717, 1.165) is 23.2 Å². The van der Waals surface area contributed by atoms with E-state index >= 15 is 0 Å². The van der Waals surface area contributed by atoms with Crippen LogP contribution in [0.3, 0.4) is 0 Å². The number of thiophene rings is 1. The standard InChI is InChI=1S/C14H17N3OS2/c1-10(18)4-2-9-20-14-16-15-13(12-5-3-8-19-12)17(14)11-6-7-11/h3,5,8,11H,2,4,6-7,9H2,1H3. The van der Waals surface area contributed by atoms with Crippen LogP contribution in [-0.4, -0.2) is 26.3 Å². The van der Waals surface area contributed by atoms with Gasteiger partial charge in [0.25, 0.3) is 0 Å². The van der Waals surface area contributed by atoms with Gasteiger partial charge in [-0.25, -0.2) is 0 Å². The quantitative estimate of drug-likeness (QED) is 0.576. The fourth-order valence-corrected chi connectivity index (χ4v) is 3.75. The van der Waals surface area contributed by atoms with Gasteiger partial charge in [0, 0.05) is 18.2 Å². The highest BCUT2D eigenvalue weighted by Crippen LogP contribution is 2.41. The zero-order valence-electron chi connectivity index (χ0n) is 11.4. The molecule has 106 valence electrons. The second-order valence-electron chi connectivity index (χ2n) is 5.04. The summed E-state index contributed by atoms with van der Waals surface area (Å²) in [4.78, 5) is 12.1. The molecule has 2 aromatic heterocycles. The topological polar surface area (TPSA) is 47.8 Å². The number of nitrogens with zero attached hydrogens (tertiary/aromatic N) is 3. The Kier molecular flexibility index (Phi) is 4.21. The predicted molar refractivity (Wildman–Crippen MR) is 82.2 cm³/mol. The van der Waals surface area contributed by atoms with Crippen LogP contribution in [0.1, 0.15) is 38.6 Å². The molecule has 0 aliphatic heterocycles. The van der Waals surface area contributed by atoms with Crippen LogP contribution < -0.4 is 0 Å². The van der Waals surface area contributed by atoms with Crippen molar-refractivity contribution in [2.45, 2.75) is 43.8 Å². The van der Waals surface area contributed by atoms with Crippen LogP contribution in [0.2, 0.25) is 0 Å². The SMILES string of the molecule is CC(=O)CCCSc1nnc(-c2cccs2)n1C1CC1. The molecule has 6 heteroatoms. The summed E-state index contributed by atoms with van der Waals surface area (Å²) in [6, 6.07) is 4.71. The van der Waals surface area contributed by atoms with E-state index in [1.165, 1.54) is 17.7 Å². The van der Waals surface area contributed by atoms with Crippen LogP contribution in [0.5, 0.6) is 0 Å². The van der Waals surface area contributed by atoms with Crippen LogP contribution in [0.15, 0.2) is 22.7 Å². The highest BCUT2D eigenvalue weighted by molar-refractivity contribution is 7.99. The molecule has 1 fully saturated rings. The third-order valence-corrected chi connectivity index (χ3v) is 5.12. The Hall–Kier alpha value is -1.14. The van der Waals surface area contributed by atoms with E-state index in [1.807, 2.05) is 6.07 Å². The Morgan fingerprint density at radius 3 is 3.00 bits per heavy atom. The van der Waals surface area contributed by atoms with Gasteiger partial charge in [-0.15, -0.1) is 21.5 Å². The monoisotopic (exact) mass is 307 g/mol. The summed E-state index contributed by atoms with van der Waals surface area (Å²) in [5.41, 5.74) is 0. The molecule has 0 spiro atoms. The van der Waals surface area contributed by atoms with Crippen LogP contribution >= 0.6 is 23.1 Å². The predicted octanol–water partition coefficient (Wildman–Crippen LogP) is 3.80. The van der Waals surface area contributed by atoms with Gasteiger partial charge in [-0.3, -0.25) is 4.57 Å². The minimum absolute atomic E-state index is 0.258. The molecular weight excluding hydrogens is 290 g/mol. The van der Waals surface area contributed by atoms with Gasteiger partial charge in [-0.05, 0) is 37.6 Å². The second-order valence-corrected chi connectivity index (χ2v) is 7.05. The molecule has 20 heavy (non-hydrogen) atoms. The van der Waals surface area contributed by atoms with Crippen LogP contribution in [0.4, 0.5) is 0 Å². The molecule has 1 aliphatic carbocycles. The molecule has 0 amide bonds. The van der Waals surface area contributed by atoms with Crippen LogP contribution in [0.25, 0.3) is 10.7 Å². The Balaban J connectivity index is 1.73. The first kappa shape index (κ1) is 13.8. The minimum Gasteiger partial charge on any atom is -0.300 e. The number of rotatable bonds is 7. The van der Waals surface area contributed by atoms with E-state index < -0.39 is 0 Å². The van der Waals surface area contributed by atoms with Crippen molar-refractivity contribution in [3.63, 3.8) is 0 Å². The van der Waals surface area contributed by atoms with Crippen molar-refractivity contribution < 1.29 is 4.79 Å². The van der Waals surface area contributed by atoms with Gasteiger partial charge in [0.05, 0.1) is 4.88 Å². The summed E-state index contributed by atoms with van der Waals surface area (Å²) in [7, 11) is 0. The van der Waals surface area contributed by atoms with E-state index in [1.54, 1.807) is 30.0 Å². The Morgan fingerprint density at radius 2 is 2.35 bits per heavy atom. The minimum atomic E-state index is 0.258. The van der Waals surface area contributed by atoms with Crippen molar-refractivity contribution in [3.05, 3.63) is 17.5 Å².